The number of halogens is 3. The second-order valence-corrected chi connectivity index (χ2v) is 10.6. The molecule has 0 spiro atoms. The summed E-state index contributed by atoms with van der Waals surface area (Å²) in [5.74, 6) is -0.484. The van der Waals surface area contributed by atoms with E-state index in [4.69, 9.17) is 5.41 Å². The summed E-state index contributed by atoms with van der Waals surface area (Å²) < 4.78 is 63.3. The highest BCUT2D eigenvalue weighted by molar-refractivity contribution is 7.90. The van der Waals surface area contributed by atoms with Crippen molar-refractivity contribution in [3.63, 3.8) is 0 Å². The average molecular weight is 471 g/mol. The fourth-order valence-corrected chi connectivity index (χ4v) is 4.68. The lowest BCUT2D eigenvalue weighted by molar-refractivity contribution is -0.137. The molecule has 0 amide bonds. The number of nitrogens with zero attached hydrogens (tertiary/aromatic N) is 2. The second kappa shape index (κ2) is 8.57. The predicted molar refractivity (Wildman–Crippen MR) is 119 cm³/mol. The van der Waals surface area contributed by atoms with Crippen molar-refractivity contribution in [2.24, 2.45) is 0 Å². The highest BCUT2D eigenvalue weighted by Crippen LogP contribution is 2.36. The van der Waals surface area contributed by atoms with E-state index in [2.05, 4.69) is 25.9 Å². The molecule has 2 aromatic rings. The van der Waals surface area contributed by atoms with Gasteiger partial charge in [0.15, 0.2) is 0 Å². The first kappa shape index (κ1) is 23.8. The third-order valence-electron chi connectivity index (χ3n) is 4.61. The fourth-order valence-electron chi connectivity index (χ4n) is 3.30. The van der Waals surface area contributed by atoms with E-state index < -0.39 is 27.1 Å². The van der Waals surface area contributed by atoms with Crippen molar-refractivity contribution in [1.82, 2.24) is 9.97 Å². The molecular weight excluding hydrogens is 445 g/mol. The molecule has 3 rings (SSSR count). The molecule has 4 N–H and O–H groups in total. The minimum absolute atomic E-state index is 0.0411. The summed E-state index contributed by atoms with van der Waals surface area (Å²) in [5.41, 5.74) is -0.510. The number of rotatable bonds is 9. The molecule has 1 aliphatic rings. The van der Waals surface area contributed by atoms with Crippen LogP contribution < -0.4 is 16.0 Å². The first-order chi connectivity index (χ1) is 14.8. The van der Waals surface area contributed by atoms with E-state index in [9.17, 15) is 21.6 Å². The molecule has 0 unspecified atom stereocenters. The van der Waals surface area contributed by atoms with Crippen LogP contribution in [-0.2, 0) is 16.0 Å². The Hall–Kier alpha value is -2.89. The zero-order valence-corrected chi connectivity index (χ0v) is 18.7. The van der Waals surface area contributed by atoms with Crippen molar-refractivity contribution < 1.29 is 21.6 Å². The van der Waals surface area contributed by atoms with Crippen LogP contribution in [0.4, 0.5) is 36.3 Å². The first-order valence-electron chi connectivity index (χ1n) is 9.84. The molecule has 0 atom stereocenters. The summed E-state index contributed by atoms with van der Waals surface area (Å²) in [6, 6.07) is 4.94. The van der Waals surface area contributed by atoms with Gasteiger partial charge < -0.3 is 21.4 Å². The van der Waals surface area contributed by atoms with Gasteiger partial charge in [-0.2, -0.15) is 18.2 Å². The predicted octanol–water partition coefficient (Wildman–Crippen LogP) is 4.05. The zero-order chi connectivity index (χ0) is 23.7. The Morgan fingerprint density at radius 1 is 1.22 bits per heavy atom. The van der Waals surface area contributed by atoms with Crippen LogP contribution in [0.25, 0.3) is 0 Å². The largest absolute Gasteiger partial charge is 0.421 e. The van der Waals surface area contributed by atoms with E-state index in [0.717, 1.165) is 31.5 Å². The standard InChI is InChI=1S/C20H25F3N6O2S/c1-19(2,11-32(3,30)31)29-16-6-4-5-15(13(16)9-24)27-18-25-10-14(20(21,22)23)17(28-18)26-12-7-8-12/h4-6,9-10,12,24,29H,7-8,11H2,1-3H3,(H2,25,26,27,28). The minimum Gasteiger partial charge on any atom is -0.379 e. The summed E-state index contributed by atoms with van der Waals surface area (Å²) in [4.78, 5) is 7.81. The van der Waals surface area contributed by atoms with Crippen molar-refractivity contribution in [3.8, 4) is 0 Å². The second-order valence-electron chi connectivity index (χ2n) is 8.49. The molecule has 0 aliphatic heterocycles. The number of hydrogen-bond donors (Lipinski definition) is 4. The van der Waals surface area contributed by atoms with Crippen LogP contribution in [-0.4, -0.2) is 48.2 Å². The molecule has 1 aromatic heterocycles. The monoisotopic (exact) mass is 470 g/mol. The Morgan fingerprint density at radius 3 is 2.44 bits per heavy atom. The normalized spacial score (nSPS) is 14.7. The van der Waals surface area contributed by atoms with Crippen LogP contribution >= 0.6 is 0 Å². The number of hydrogen-bond acceptors (Lipinski definition) is 8. The summed E-state index contributed by atoms with van der Waals surface area (Å²) in [5, 5.41) is 16.6. The highest BCUT2D eigenvalue weighted by Gasteiger charge is 2.37. The van der Waals surface area contributed by atoms with Gasteiger partial charge in [0, 0.05) is 41.5 Å². The van der Waals surface area contributed by atoms with Gasteiger partial charge in [-0.25, -0.2) is 13.4 Å². The number of sulfone groups is 1. The van der Waals surface area contributed by atoms with Gasteiger partial charge >= 0.3 is 6.18 Å². The third kappa shape index (κ3) is 6.31. The molecule has 0 saturated heterocycles. The Bertz CT molecular complexity index is 1110. The molecule has 0 radical (unpaired) electrons. The van der Waals surface area contributed by atoms with Crippen LogP contribution in [0.15, 0.2) is 24.4 Å². The third-order valence-corrected chi connectivity index (χ3v) is 5.85. The number of aromatic nitrogens is 2. The molecule has 0 bridgehead atoms. The Balaban J connectivity index is 1.91. The molecule has 174 valence electrons. The molecule has 1 heterocycles. The lowest BCUT2D eigenvalue weighted by Gasteiger charge is -2.28. The fraction of sp³-hybridized carbons (Fsp3) is 0.450. The Morgan fingerprint density at radius 2 is 1.88 bits per heavy atom. The van der Waals surface area contributed by atoms with Crippen LogP contribution in [0.2, 0.25) is 0 Å². The highest BCUT2D eigenvalue weighted by atomic mass is 32.2. The van der Waals surface area contributed by atoms with Gasteiger partial charge in [-0.3, -0.25) is 0 Å². The van der Waals surface area contributed by atoms with E-state index in [-0.39, 0.29) is 23.6 Å². The van der Waals surface area contributed by atoms with E-state index in [1.165, 1.54) is 0 Å². The lowest BCUT2D eigenvalue weighted by Crippen LogP contribution is -2.38. The van der Waals surface area contributed by atoms with Gasteiger partial charge in [0.05, 0.1) is 11.4 Å². The summed E-state index contributed by atoms with van der Waals surface area (Å²) >= 11 is 0. The number of nitrogens with one attached hydrogen (secondary N) is 4. The molecule has 1 saturated carbocycles. The van der Waals surface area contributed by atoms with Gasteiger partial charge in [-0.1, -0.05) is 6.07 Å². The van der Waals surface area contributed by atoms with Gasteiger partial charge in [0.25, 0.3) is 0 Å². The molecule has 1 fully saturated rings. The molecule has 8 nitrogen and oxygen atoms in total. The minimum atomic E-state index is -4.59. The van der Waals surface area contributed by atoms with Gasteiger partial charge in [-0.15, -0.1) is 0 Å². The lowest BCUT2D eigenvalue weighted by atomic mass is 10.1. The van der Waals surface area contributed by atoms with E-state index in [0.29, 0.717) is 16.9 Å². The van der Waals surface area contributed by atoms with Crippen molar-refractivity contribution in [2.45, 2.75) is 44.4 Å². The Labute approximate surface area is 184 Å². The van der Waals surface area contributed by atoms with Crippen LogP contribution in [0.5, 0.6) is 0 Å². The summed E-state index contributed by atoms with van der Waals surface area (Å²) in [6.07, 6.45) is -0.111. The molecule has 32 heavy (non-hydrogen) atoms. The van der Waals surface area contributed by atoms with Crippen molar-refractivity contribution >= 4 is 39.2 Å². The topological polar surface area (TPSA) is 120 Å². The van der Waals surface area contributed by atoms with E-state index in [1.807, 2.05) is 0 Å². The molecule has 1 aromatic carbocycles. The van der Waals surface area contributed by atoms with Gasteiger partial charge in [0.2, 0.25) is 5.95 Å². The summed E-state index contributed by atoms with van der Waals surface area (Å²) in [6.45, 7) is 3.44. The van der Waals surface area contributed by atoms with Gasteiger partial charge in [-0.05, 0) is 38.8 Å². The maximum atomic E-state index is 13.3. The maximum absolute atomic E-state index is 13.3. The smallest absolute Gasteiger partial charge is 0.379 e. The van der Waals surface area contributed by atoms with E-state index in [1.54, 1.807) is 32.0 Å². The average Bonchev–Trinajstić information content (AvgIpc) is 3.42. The van der Waals surface area contributed by atoms with Crippen LogP contribution in [0.3, 0.4) is 0 Å². The first-order valence-corrected chi connectivity index (χ1v) is 11.9. The maximum Gasteiger partial charge on any atom is 0.421 e. The number of anilines is 4. The van der Waals surface area contributed by atoms with Gasteiger partial charge in [0.1, 0.15) is 21.2 Å². The zero-order valence-electron chi connectivity index (χ0n) is 17.8. The molecule has 1 aliphatic carbocycles. The molecular formula is C20H25F3N6O2S. The summed E-state index contributed by atoms with van der Waals surface area (Å²) in [7, 11) is -3.26. The van der Waals surface area contributed by atoms with E-state index >= 15 is 0 Å². The number of benzene rings is 1. The van der Waals surface area contributed by atoms with Crippen molar-refractivity contribution in [1.29, 1.82) is 5.41 Å². The van der Waals surface area contributed by atoms with Crippen molar-refractivity contribution in [2.75, 3.05) is 28.0 Å². The van der Waals surface area contributed by atoms with Crippen LogP contribution in [0.1, 0.15) is 37.8 Å². The van der Waals surface area contributed by atoms with Crippen LogP contribution in [0, 0.1) is 5.41 Å². The van der Waals surface area contributed by atoms with Crippen molar-refractivity contribution in [3.05, 3.63) is 35.5 Å². The number of alkyl halides is 3. The SMILES string of the molecule is CC(C)(CS(C)(=O)=O)Nc1cccc(Nc2ncc(C(F)(F)F)c(NC3CC3)n2)c1C=N. The quantitative estimate of drug-likeness (QED) is 0.408. The molecule has 12 heteroatoms. The Kier molecular flexibility index (Phi) is 6.36.